The number of halogens is 3. The number of morpholine rings is 1. The van der Waals surface area contributed by atoms with Crippen molar-refractivity contribution in [1.82, 2.24) is 19.2 Å². The lowest BCUT2D eigenvalue weighted by Gasteiger charge is -2.32. The van der Waals surface area contributed by atoms with E-state index in [0.717, 1.165) is 37.6 Å². The van der Waals surface area contributed by atoms with Crippen molar-refractivity contribution in [3.63, 3.8) is 0 Å². The molecule has 2 aliphatic rings. The maximum Gasteiger partial charge on any atom is 0.287 e. The third-order valence-corrected chi connectivity index (χ3v) is 6.94. The summed E-state index contributed by atoms with van der Waals surface area (Å²) in [5.41, 5.74) is 2.91. The molecular formula is C26H29F3N4O4. The Labute approximate surface area is 212 Å². The molecule has 0 saturated carbocycles. The van der Waals surface area contributed by atoms with Crippen LogP contribution in [0.4, 0.5) is 13.2 Å². The molecule has 37 heavy (non-hydrogen) atoms. The Bertz CT molecular complexity index is 1270. The van der Waals surface area contributed by atoms with E-state index >= 15 is 0 Å². The number of imidazole rings is 1. The van der Waals surface area contributed by atoms with Crippen LogP contribution < -0.4 is 9.47 Å². The van der Waals surface area contributed by atoms with E-state index < -0.39 is 18.6 Å². The Morgan fingerprint density at radius 3 is 2.81 bits per heavy atom. The molecule has 0 N–H and O–H groups in total. The Balaban J connectivity index is 1.36. The maximum atomic E-state index is 14.0. The van der Waals surface area contributed by atoms with Gasteiger partial charge in [0.15, 0.2) is 0 Å². The van der Waals surface area contributed by atoms with E-state index in [1.54, 1.807) is 18.3 Å². The smallest absolute Gasteiger partial charge is 0.287 e. The van der Waals surface area contributed by atoms with Crippen LogP contribution in [0.25, 0.3) is 16.9 Å². The SMILES string of the molecule is COc1cc(-c2cnc3cc(OCCN4CCOC[C@@H]4C)ccn23)cc2c1C(=O)N(C(F)C(F)F)CC2. The van der Waals surface area contributed by atoms with Crippen LogP contribution in [0.15, 0.2) is 36.7 Å². The number of nitrogens with zero attached hydrogens (tertiary/aromatic N) is 4. The number of methoxy groups -OCH3 is 1. The highest BCUT2D eigenvalue weighted by atomic mass is 19.3. The van der Waals surface area contributed by atoms with Gasteiger partial charge in [-0.25, -0.2) is 18.2 Å². The zero-order valence-corrected chi connectivity index (χ0v) is 20.7. The second-order valence-electron chi connectivity index (χ2n) is 9.21. The highest BCUT2D eigenvalue weighted by molar-refractivity contribution is 6.00. The van der Waals surface area contributed by atoms with Crippen molar-refractivity contribution >= 4 is 11.6 Å². The van der Waals surface area contributed by atoms with Crippen LogP contribution in [0.1, 0.15) is 22.8 Å². The van der Waals surface area contributed by atoms with Crippen LogP contribution in [0.3, 0.4) is 0 Å². The molecule has 1 aromatic carbocycles. The van der Waals surface area contributed by atoms with Gasteiger partial charge in [0.2, 0.25) is 6.30 Å². The van der Waals surface area contributed by atoms with Crippen LogP contribution in [-0.4, -0.2) is 90.4 Å². The molecule has 2 aromatic heterocycles. The lowest BCUT2D eigenvalue weighted by molar-refractivity contribution is -0.0382. The zero-order valence-electron chi connectivity index (χ0n) is 20.7. The summed E-state index contributed by atoms with van der Waals surface area (Å²) in [7, 11) is 1.39. The minimum absolute atomic E-state index is 0.111. The summed E-state index contributed by atoms with van der Waals surface area (Å²) in [6.07, 6.45) is -2.13. The maximum absolute atomic E-state index is 14.0. The predicted octanol–water partition coefficient (Wildman–Crippen LogP) is 3.67. The number of pyridine rings is 1. The van der Waals surface area contributed by atoms with Crippen molar-refractivity contribution in [2.45, 2.75) is 32.1 Å². The number of amides is 1. The van der Waals surface area contributed by atoms with Gasteiger partial charge in [-0.1, -0.05) is 0 Å². The number of hydrogen-bond donors (Lipinski definition) is 0. The molecule has 5 rings (SSSR count). The number of ether oxygens (including phenoxy) is 3. The number of carbonyl (C=O) groups is 1. The van der Waals surface area contributed by atoms with Gasteiger partial charge >= 0.3 is 0 Å². The first kappa shape index (κ1) is 25.3. The number of aromatic nitrogens is 2. The number of fused-ring (bicyclic) bond motifs is 2. The molecule has 11 heteroatoms. The fourth-order valence-electron chi connectivity index (χ4n) is 4.92. The molecule has 0 spiro atoms. The molecular weight excluding hydrogens is 489 g/mol. The van der Waals surface area contributed by atoms with Gasteiger partial charge in [-0.3, -0.25) is 14.1 Å². The Morgan fingerprint density at radius 2 is 2.05 bits per heavy atom. The van der Waals surface area contributed by atoms with Gasteiger partial charge < -0.3 is 19.1 Å². The third-order valence-electron chi connectivity index (χ3n) is 6.94. The normalized spacial score (nSPS) is 19.4. The summed E-state index contributed by atoms with van der Waals surface area (Å²) >= 11 is 0. The first-order valence-corrected chi connectivity index (χ1v) is 12.2. The average Bonchev–Trinajstić information content (AvgIpc) is 3.32. The lowest BCUT2D eigenvalue weighted by atomic mass is 9.94. The minimum Gasteiger partial charge on any atom is -0.496 e. The van der Waals surface area contributed by atoms with Gasteiger partial charge in [0, 0.05) is 43.5 Å². The lowest BCUT2D eigenvalue weighted by Crippen LogP contribution is -2.46. The standard InChI is InChI=1S/C26H29F3N4O4/c1-16-15-36-9-7-31(16)8-10-37-19-4-6-32-20(14-30-22(32)13-19)18-11-17-3-5-33(25(29)24(27)28)26(34)23(17)21(12-18)35-2/h4,6,11-14,16,24-25H,3,5,7-10,15H2,1-2H3/t16-,25?/m0/s1. The van der Waals surface area contributed by atoms with Gasteiger partial charge in [0.05, 0.1) is 37.8 Å². The van der Waals surface area contributed by atoms with E-state index in [1.165, 1.54) is 7.11 Å². The molecule has 0 radical (unpaired) electrons. The van der Waals surface area contributed by atoms with Crippen molar-refractivity contribution in [2.75, 3.05) is 46.6 Å². The fourth-order valence-corrected chi connectivity index (χ4v) is 4.92. The molecule has 1 fully saturated rings. The third kappa shape index (κ3) is 4.97. The molecule has 0 aliphatic carbocycles. The second kappa shape index (κ2) is 10.6. The summed E-state index contributed by atoms with van der Waals surface area (Å²) in [4.78, 5) is 20.2. The first-order chi connectivity index (χ1) is 17.9. The number of hydrogen-bond acceptors (Lipinski definition) is 6. The number of benzene rings is 1. The monoisotopic (exact) mass is 518 g/mol. The van der Waals surface area contributed by atoms with Crippen LogP contribution in [-0.2, 0) is 11.2 Å². The Kier molecular flexibility index (Phi) is 7.25. The minimum atomic E-state index is -3.27. The number of rotatable bonds is 8. The van der Waals surface area contributed by atoms with Gasteiger partial charge in [-0.05, 0) is 37.1 Å². The van der Waals surface area contributed by atoms with Gasteiger partial charge in [0.25, 0.3) is 12.3 Å². The van der Waals surface area contributed by atoms with Gasteiger partial charge in [-0.2, -0.15) is 0 Å². The molecule has 8 nitrogen and oxygen atoms in total. The Hall–Kier alpha value is -3.31. The zero-order chi connectivity index (χ0) is 26.1. The van der Waals surface area contributed by atoms with Crippen LogP contribution in [0, 0.1) is 0 Å². The van der Waals surface area contributed by atoms with Crippen LogP contribution in [0.2, 0.25) is 0 Å². The van der Waals surface area contributed by atoms with Crippen LogP contribution >= 0.6 is 0 Å². The molecule has 1 amide bonds. The van der Waals surface area contributed by atoms with Crippen molar-refractivity contribution in [3.8, 4) is 22.8 Å². The highest BCUT2D eigenvalue weighted by Crippen LogP contribution is 2.35. The summed E-state index contributed by atoms with van der Waals surface area (Å²) < 4.78 is 58.6. The quantitative estimate of drug-likeness (QED) is 0.424. The predicted molar refractivity (Wildman–Crippen MR) is 130 cm³/mol. The van der Waals surface area contributed by atoms with E-state index in [4.69, 9.17) is 14.2 Å². The van der Waals surface area contributed by atoms with Crippen molar-refractivity contribution < 1.29 is 32.2 Å². The molecule has 1 unspecified atom stereocenters. The topological polar surface area (TPSA) is 68.5 Å². The van der Waals surface area contributed by atoms with E-state index in [2.05, 4.69) is 16.8 Å². The molecule has 4 heterocycles. The molecule has 2 atom stereocenters. The van der Waals surface area contributed by atoms with Crippen molar-refractivity contribution in [3.05, 3.63) is 47.8 Å². The van der Waals surface area contributed by atoms with E-state index in [0.29, 0.717) is 34.5 Å². The van der Waals surface area contributed by atoms with Crippen LogP contribution in [0.5, 0.6) is 11.5 Å². The second-order valence-corrected chi connectivity index (χ2v) is 9.21. The van der Waals surface area contributed by atoms with E-state index in [9.17, 15) is 18.0 Å². The fraction of sp³-hybridized carbons (Fsp3) is 0.462. The molecule has 1 saturated heterocycles. The van der Waals surface area contributed by atoms with E-state index in [1.807, 2.05) is 22.7 Å². The number of carbonyl (C=O) groups excluding carboxylic acids is 1. The summed E-state index contributed by atoms with van der Waals surface area (Å²) in [5, 5.41) is 0. The largest absolute Gasteiger partial charge is 0.496 e. The van der Waals surface area contributed by atoms with E-state index in [-0.39, 0.29) is 24.3 Å². The molecule has 3 aromatic rings. The van der Waals surface area contributed by atoms with Gasteiger partial charge in [0.1, 0.15) is 23.8 Å². The highest BCUT2D eigenvalue weighted by Gasteiger charge is 2.37. The molecule has 198 valence electrons. The number of alkyl halides is 3. The average molecular weight is 519 g/mol. The summed E-state index contributed by atoms with van der Waals surface area (Å²) in [5.74, 6) is 0.110. The first-order valence-electron chi connectivity index (χ1n) is 12.2. The van der Waals surface area contributed by atoms with Gasteiger partial charge in [-0.15, -0.1) is 0 Å². The summed E-state index contributed by atoms with van der Waals surface area (Å²) in [6.45, 7) is 5.71. The molecule has 0 bridgehead atoms. The summed E-state index contributed by atoms with van der Waals surface area (Å²) in [6, 6.07) is 7.54. The Morgan fingerprint density at radius 1 is 1.22 bits per heavy atom. The molecule has 2 aliphatic heterocycles. The van der Waals surface area contributed by atoms with Crippen molar-refractivity contribution in [1.29, 1.82) is 0 Å². The van der Waals surface area contributed by atoms with Crippen molar-refractivity contribution in [2.24, 2.45) is 0 Å².